The average molecular weight is 447 g/mol. The van der Waals surface area contributed by atoms with Gasteiger partial charge in [-0.3, -0.25) is 5.43 Å². The average Bonchev–Trinajstić information content (AvgIpc) is 2.63. The summed E-state index contributed by atoms with van der Waals surface area (Å²) in [7, 11) is -1.09. The Kier molecular flexibility index (Phi) is 9.13. The molecular formula is C18H20ClN4NaO4S. The van der Waals surface area contributed by atoms with Crippen LogP contribution in [0.1, 0.15) is 22.8 Å². The molecule has 0 heterocycles. The van der Waals surface area contributed by atoms with E-state index in [1.165, 1.54) is 37.6 Å². The van der Waals surface area contributed by atoms with Gasteiger partial charge in [-0.1, -0.05) is 17.7 Å². The third-order valence-electron chi connectivity index (χ3n) is 3.85. The Morgan fingerprint density at radius 1 is 1.21 bits per heavy atom. The van der Waals surface area contributed by atoms with E-state index in [4.69, 9.17) is 11.6 Å². The predicted molar refractivity (Wildman–Crippen MR) is 108 cm³/mol. The van der Waals surface area contributed by atoms with E-state index in [0.717, 1.165) is 15.9 Å². The van der Waals surface area contributed by atoms with Gasteiger partial charge in [-0.2, -0.15) is 10.2 Å². The maximum Gasteiger partial charge on any atom is 1.00 e. The number of anilines is 2. The van der Waals surface area contributed by atoms with Gasteiger partial charge < -0.3 is 9.90 Å². The first-order valence-electron chi connectivity index (χ1n) is 8.17. The van der Waals surface area contributed by atoms with Gasteiger partial charge in [0.05, 0.1) is 22.2 Å². The van der Waals surface area contributed by atoms with E-state index in [0.29, 0.717) is 10.7 Å². The number of hydrazone groups is 1. The van der Waals surface area contributed by atoms with Gasteiger partial charge >= 0.3 is 29.6 Å². The van der Waals surface area contributed by atoms with E-state index in [1.807, 2.05) is 6.92 Å². The number of carbonyl (C=O) groups is 1. The molecule has 0 aliphatic rings. The molecule has 8 nitrogen and oxygen atoms in total. The topological polar surface area (TPSA) is 105 Å². The third-order valence-corrected chi connectivity index (χ3v) is 5.90. The number of sulfonamides is 1. The summed E-state index contributed by atoms with van der Waals surface area (Å²) in [5.41, 5.74) is 4.21. The van der Waals surface area contributed by atoms with Crippen molar-refractivity contribution in [3.05, 3.63) is 52.5 Å². The third kappa shape index (κ3) is 5.94. The monoisotopic (exact) mass is 446 g/mol. The molecule has 0 aromatic heterocycles. The molecule has 0 bridgehead atoms. The fraction of sp³-hybridized carbons (Fsp3) is 0.222. The van der Waals surface area contributed by atoms with Crippen molar-refractivity contribution in [1.29, 1.82) is 0 Å². The van der Waals surface area contributed by atoms with Crippen molar-refractivity contribution in [1.82, 2.24) is 4.31 Å². The Morgan fingerprint density at radius 2 is 1.86 bits per heavy atom. The summed E-state index contributed by atoms with van der Waals surface area (Å²) < 4.78 is 25.6. The van der Waals surface area contributed by atoms with E-state index in [1.54, 1.807) is 25.1 Å². The van der Waals surface area contributed by atoms with Gasteiger partial charge in [-0.25, -0.2) is 12.7 Å². The van der Waals surface area contributed by atoms with Gasteiger partial charge in [0.25, 0.3) is 0 Å². The molecule has 150 valence electrons. The molecule has 29 heavy (non-hydrogen) atoms. The van der Waals surface area contributed by atoms with Crippen LogP contribution in [0.25, 0.3) is 0 Å². The molecule has 0 fully saturated rings. The summed E-state index contributed by atoms with van der Waals surface area (Å²) in [5.74, 6) is -1.54. The van der Waals surface area contributed by atoms with Crippen LogP contribution in [0.3, 0.4) is 0 Å². The second kappa shape index (κ2) is 10.4. The second-order valence-corrected chi connectivity index (χ2v) is 8.60. The fourth-order valence-electron chi connectivity index (χ4n) is 2.33. The number of hydrazine groups is 1. The van der Waals surface area contributed by atoms with E-state index in [-0.39, 0.29) is 45.7 Å². The molecule has 2 aromatic rings. The van der Waals surface area contributed by atoms with Gasteiger partial charge in [-0.05, 0) is 49.7 Å². The van der Waals surface area contributed by atoms with Crippen LogP contribution in [0, 0.1) is 6.92 Å². The first kappa shape index (κ1) is 25.4. The number of aryl methyl sites for hydroxylation is 1. The summed E-state index contributed by atoms with van der Waals surface area (Å²) in [6.07, 6.45) is 1.45. The number of carboxylic acids is 1. The Bertz CT molecular complexity index is 1030. The zero-order valence-corrected chi connectivity index (χ0v) is 20.4. The standard InChI is InChI=1S/C18H21ClN4O4S.Na/c1-5-20-23(21-16-10-13(19)7-6-12(16)2)17-9-8-14(11-15(17)18(24)25)28(26,27)22(3)4;/h5-11,21H,1-4H3,(H,24,25);/q;+1/p-1/b20-5-;. The molecule has 2 rings (SSSR count). The number of benzene rings is 2. The Labute approximate surface area is 197 Å². The molecule has 0 radical (unpaired) electrons. The number of rotatable bonds is 7. The van der Waals surface area contributed by atoms with E-state index in [9.17, 15) is 18.3 Å². The SMILES string of the molecule is C/C=N\N(Nc1cc(Cl)ccc1C)c1ccc(S(=O)(=O)N(C)C)cc1C(=O)[O-].[Na+]. The van der Waals surface area contributed by atoms with Crippen molar-refractivity contribution in [2.45, 2.75) is 18.7 Å². The first-order valence-corrected chi connectivity index (χ1v) is 9.99. The van der Waals surface area contributed by atoms with Gasteiger partial charge in [0, 0.05) is 30.9 Å². The molecular weight excluding hydrogens is 427 g/mol. The second-order valence-electron chi connectivity index (χ2n) is 6.01. The molecule has 11 heteroatoms. The van der Waals surface area contributed by atoms with Gasteiger partial charge in [0.2, 0.25) is 10.0 Å². The molecule has 1 N–H and O–H groups in total. The van der Waals surface area contributed by atoms with Gasteiger partial charge in [-0.15, -0.1) is 0 Å². The number of halogens is 1. The quantitative estimate of drug-likeness (QED) is 0.336. The summed E-state index contributed by atoms with van der Waals surface area (Å²) in [4.78, 5) is 11.5. The van der Waals surface area contributed by atoms with E-state index in [2.05, 4.69) is 10.5 Å². The molecule has 0 unspecified atom stereocenters. The maximum atomic E-state index is 12.3. The van der Waals surface area contributed by atoms with Crippen LogP contribution >= 0.6 is 11.6 Å². The van der Waals surface area contributed by atoms with Crippen molar-refractivity contribution in [3.8, 4) is 0 Å². The minimum atomic E-state index is -3.81. The van der Waals surface area contributed by atoms with Crippen LogP contribution in [-0.4, -0.2) is 39.0 Å². The normalized spacial score (nSPS) is 11.4. The van der Waals surface area contributed by atoms with Gasteiger partial charge in [0.15, 0.2) is 0 Å². The number of aromatic carboxylic acids is 1. The van der Waals surface area contributed by atoms with Crippen molar-refractivity contribution < 1.29 is 47.9 Å². The minimum absolute atomic E-state index is 0. The summed E-state index contributed by atoms with van der Waals surface area (Å²) >= 11 is 6.03. The first-order chi connectivity index (χ1) is 13.1. The maximum absolute atomic E-state index is 12.3. The molecule has 0 aliphatic carbocycles. The largest absolute Gasteiger partial charge is 1.00 e. The molecule has 0 saturated carbocycles. The van der Waals surface area contributed by atoms with Crippen LogP contribution < -0.4 is 45.2 Å². The Balaban J connectivity index is 0.00000420. The molecule has 0 saturated heterocycles. The molecule has 0 aliphatic heterocycles. The van der Waals surface area contributed by atoms with Crippen LogP contribution in [0.2, 0.25) is 5.02 Å². The predicted octanol–water partition coefficient (Wildman–Crippen LogP) is -0.895. The number of hydrogen-bond donors (Lipinski definition) is 1. The minimum Gasteiger partial charge on any atom is -0.545 e. The van der Waals surface area contributed by atoms with Gasteiger partial charge in [0.1, 0.15) is 0 Å². The van der Waals surface area contributed by atoms with Crippen LogP contribution in [0.5, 0.6) is 0 Å². The van der Waals surface area contributed by atoms with Crippen molar-refractivity contribution in [2.24, 2.45) is 5.10 Å². The summed E-state index contributed by atoms with van der Waals surface area (Å²) in [5, 5.41) is 17.5. The van der Waals surface area contributed by atoms with Crippen LogP contribution in [0.4, 0.5) is 11.4 Å². The van der Waals surface area contributed by atoms with Crippen molar-refractivity contribution in [3.63, 3.8) is 0 Å². The Hall–Kier alpha value is -1.62. The summed E-state index contributed by atoms with van der Waals surface area (Å²) in [6.45, 7) is 3.50. The van der Waals surface area contributed by atoms with Crippen LogP contribution in [-0.2, 0) is 10.0 Å². The zero-order valence-electron chi connectivity index (χ0n) is 16.8. The number of carbonyl (C=O) groups excluding carboxylic acids is 1. The number of carboxylic acid groups (broad SMARTS) is 1. The van der Waals surface area contributed by atoms with Crippen LogP contribution in [0.15, 0.2) is 46.4 Å². The molecule has 0 spiro atoms. The van der Waals surface area contributed by atoms with E-state index < -0.39 is 16.0 Å². The number of nitrogens with zero attached hydrogens (tertiary/aromatic N) is 3. The number of nitrogens with one attached hydrogen (secondary N) is 1. The summed E-state index contributed by atoms with van der Waals surface area (Å²) in [6, 6.07) is 8.89. The zero-order chi connectivity index (χ0) is 21.1. The Morgan fingerprint density at radius 3 is 2.41 bits per heavy atom. The van der Waals surface area contributed by atoms with Crippen molar-refractivity contribution in [2.75, 3.05) is 24.6 Å². The number of hydrogen-bond acceptors (Lipinski definition) is 7. The molecule has 0 atom stereocenters. The molecule has 0 amide bonds. The fourth-order valence-corrected chi connectivity index (χ4v) is 3.43. The smallest absolute Gasteiger partial charge is 0.545 e. The molecule has 2 aromatic carbocycles. The van der Waals surface area contributed by atoms with E-state index >= 15 is 0 Å². The van der Waals surface area contributed by atoms with Crippen molar-refractivity contribution >= 4 is 45.2 Å².